The third-order valence-electron chi connectivity index (χ3n) is 3.75. The monoisotopic (exact) mass is 381 g/mol. The Balaban J connectivity index is 2.30. The summed E-state index contributed by atoms with van der Waals surface area (Å²) in [4.78, 5) is 4.49. The first-order chi connectivity index (χ1) is 11.3. The molecule has 0 fully saturated rings. The lowest BCUT2D eigenvalue weighted by Crippen LogP contribution is -1.95. The molecule has 0 atom stereocenters. The topological polar surface area (TPSA) is 56.3 Å². The van der Waals surface area contributed by atoms with Gasteiger partial charge in [-0.2, -0.15) is 0 Å². The second-order valence-corrected chi connectivity index (χ2v) is 8.26. The summed E-state index contributed by atoms with van der Waals surface area (Å²) in [6, 6.07) is 10.1. The fourth-order valence-corrected chi connectivity index (χ4v) is 3.48. The fourth-order valence-electron chi connectivity index (χ4n) is 2.54. The van der Waals surface area contributed by atoms with Gasteiger partial charge >= 0.3 is 0 Å². The van der Waals surface area contributed by atoms with Crippen LogP contribution in [0.5, 0.6) is 5.75 Å². The predicted molar refractivity (Wildman–Crippen MR) is 96.5 cm³/mol. The van der Waals surface area contributed by atoms with E-state index in [0.717, 1.165) is 21.9 Å². The Morgan fingerprint density at radius 1 is 1.12 bits per heavy atom. The molecule has 1 aromatic heterocycles. The number of aryl methyl sites for hydroxylation is 1. The Bertz CT molecular complexity index is 1050. The minimum absolute atomic E-state index is 0.0491. The van der Waals surface area contributed by atoms with Gasteiger partial charge < -0.3 is 4.74 Å². The number of fused-ring (bicyclic) bond motifs is 1. The minimum atomic E-state index is -3.79. The molecule has 1 heterocycles. The number of rotatable bonds is 3. The van der Waals surface area contributed by atoms with E-state index in [1.54, 1.807) is 31.5 Å². The molecule has 4 nitrogen and oxygen atoms in total. The maximum absolute atomic E-state index is 11.5. The summed E-state index contributed by atoms with van der Waals surface area (Å²) < 4.78 is 28.5. The van der Waals surface area contributed by atoms with E-state index < -0.39 is 9.05 Å². The standard InChI is InChI=1S/C17H13Cl2NO3S/c1-10-7-14(16(23-2)9-15(10)18)17-13-4-3-12(24(19,21)22)8-11(13)5-6-20-17/h3-9H,1-2H3. The van der Waals surface area contributed by atoms with Crippen LogP contribution < -0.4 is 4.74 Å². The number of hydrogen-bond acceptors (Lipinski definition) is 4. The number of halogens is 2. The number of nitrogens with zero attached hydrogens (tertiary/aromatic N) is 1. The summed E-state index contributed by atoms with van der Waals surface area (Å²) in [7, 11) is 3.20. The van der Waals surface area contributed by atoms with Crippen molar-refractivity contribution in [3.05, 3.63) is 53.2 Å². The highest BCUT2D eigenvalue weighted by Gasteiger charge is 2.16. The smallest absolute Gasteiger partial charge is 0.261 e. The van der Waals surface area contributed by atoms with Crippen molar-refractivity contribution < 1.29 is 13.2 Å². The molecule has 7 heteroatoms. The van der Waals surface area contributed by atoms with Crippen LogP contribution in [0.4, 0.5) is 0 Å². The van der Waals surface area contributed by atoms with E-state index in [4.69, 9.17) is 27.0 Å². The molecule has 0 saturated carbocycles. The molecular weight excluding hydrogens is 369 g/mol. The zero-order chi connectivity index (χ0) is 17.5. The van der Waals surface area contributed by atoms with Crippen molar-refractivity contribution >= 4 is 42.1 Å². The van der Waals surface area contributed by atoms with Gasteiger partial charge in [0.1, 0.15) is 5.75 Å². The largest absolute Gasteiger partial charge is 0.496 e. The lowest BCUT2D eigenvalue weighted by Gasteiger charge is -2.13. The van der Waals surface area contributed by atoms with Crippen molar-refractivity contribution in [1.82, 2.24) is 4.98 Å². The van der Waals surface area contributed by atoms with Crippen LogP contribution in [0.25, 0.3) is 22.0 Å². The van der Waals surface area contributed by atoms with Crippen LogP contribution in [0.3, 0.4) is 0 Å². The molecule has 0 aliphatic carbocycles. The summed E-state index contributed by atoms with van der Waals surface area (Å²) in [5.41, 5.74) is 2.36. The summed E-state index contributed by atoms with van der Waals surface area (Å²) in [6.07, 6.45) is 1.62. The quantitative estimate of drug-likeness (QED) is 0.611. The zero-order valence-corrected chi connectivity index (χ0v) is 15.2. The highest BCUT2D eigenvalue weighted by atomic mass is 35.7. The number of benzene rings is 2. The van der Waals surface area contributed by atoms with Crippen LogP contribution in [0.2, 0.25) is 5.02 Å². The number of aromatic nitrogens is 1. The summed E-state index contributed by atoms with van der Waals surface area (Å²) >= 11 is 6.16. The van der Waals surface area contributed by atoms with E-state index in [1.807, 2.05) is 13.0 Å². The molecule has 0 unspecified atom stereocenters. The van der Waals surface area contributed by atoms with Crippen molar-refractivity contribution in [2.24, 2.45) is 0 Å². The third kappa shape index (κ3) is 3.07. The number of methoxy groups -OCH3 is 1. The van der Waals surface area contributed by atoms with Crippen LogP contribution in [0, 0.1) is 6.92 Å². The fraction of sp³-hybridized carbons (Fsp3) is 0.118. The number of hydrogen-bond donors (Lipinski definition) is 0. The lowest BCUT2D eigenvalue weighted by atomic mass is 10.0. The van der Waals surface area contributed by atoms with Crippen molar-refractivity contribution in [1.29, 1.82) is 0 Å². The first-order valence-electron chi connectivity index (χ1n) is 6.99. The van der Waals surface area contributed by atoms with Crippen LogP contribution in [0.15, 0.2) is 47.5 Å². The van der Waals surface area contributed by atoms with Gasteiger partial charge in [0.2, 0.25) is 0 Å². The highest BCUT2D eigenvalue weighted by molar-refractivity contribution is 8.13. The van der Waals surface area contributed by atoms with Gasteiger partial charge in [-0.1, -0.05) is 17.7 Å². The molecule has 0 saturated heterocycles. The number of ether oxygens (including phenoxy) is 1. The third-order valence-corrected chi connectivity index (χ3v) is 5.51. The summed E-state index contributed by atoms with van der Waals surface area (Å²) in [5.74, 6) is 0.597. The van der Waals surface area contributed by atoms with Gasteiger partial charge in [-0.25, -0.2) is 8.42 Å². The zero-order valence-electron chi connectivity index (χ0n) is 12.9. The molecule has 3 rings (SSSR count). The van der Waals surface area contributed by atoms with Crippen LogP contribution >= 0.6 is 22.3 Å². The highest BCUT2D eigenvalue weighted by Crippen LogP contribution is 2.37. The van der Waals surface area contributed by atoms with Crippen LogP contribution in [-0.4, -0.2) is 20.5 Å². The Hall–Kier alpha value is -1.82. The Morgan fingerprint density at radius 3 is 2.54 bits per heavy atom. The lowest BCUT2D eigenvalue weighted by molar-refractivity contribution is 0.416. The van der Waals surface area contributed by atoms with Gasteiger partial charge in [-0.3, -0.25) is 4.98 Å². The summed E-state index contributed by atoms with van der Waals surface area (Å²) in [6.45, 7) is 1.90. The van der Waals surface area contributed by atoms with E-state index in [9.17, 15) is 8.42 Å². The van der Waals surface area contributed by atoms with E-state index >= 15 is 0 Å². The normalized spacial score (nSPS) is 11.7. The maximum atomic E-state index is 11.5. The number of pyridine rings is 1. The van der Waals surface area contributed by atoms with Gasteiger partial charge in [-0.05, 0) is 48.2 Å². The van der Waals surface area contributed by atoms with Crippen molar-refractivity contribution in [3.63, 3.8) is 0 Å². The first kappa shape index (κ1) is 17.0. The average molecular weight is 382 g/mol. The van der Waals surface area contributed by atoms with Crippen molar-refractivity contribution in [3.8, 4) is 17.0 Å². The van der Waals surface area contributed by atoms with E-state index in [1.165, 1.54) is 12.1 Å². The summed E-state index contributed by atoms with van der Waals surface area (Å²) in [5, 5.41) is 2.12. The average Bonchev–Trinajstić information content (AvgIpc) is 2.55. The van der Waals surface area contributed by atoms with Crippen LogP contribution in [0.1, 0.15) is 5.56 Å². The van der Waals surface area contributed by atoms with Gasteiger partial charge in [-0.15, -0.1) is 0 Å². The molecule has 0 amide bonds. The molecule has 3 aromatic rings. The van der Waals surface area contributed by atoms with Gasteiger partial charge in [0, 0.05) is 32.9 Å². The molecule has 2 aromatic carbocycles. The first-order valence-corrected chi connectivity index (χ1v) is 9.68. The molecule has 24 heavy (non-hydrogen) atoms. The Labute approximate surface area is 149 Å². The molecule has 0 spiro atoms. The molecule has 0 N–H and O–H groups in total. The maximum Gasteiger partial charge on any atom is 0.261 e. The van der Waals surface area contributed by atoms with Gasteiger partial charge in [0.15, 0.2) is 0 Å². The molecule has 0 aliphatic rings. The van der Waals surface area contributed by atoms with Gasteiger partial charge in [0.25, 0.3) is 9.05 Å². The molecule has 0 aliphatic heterocycles. The van der Waals surface area contributed by atoms with Crippen molar-refractivity contribution in [2.45, 2.75) is 11.8 Å². The Morgan fingerprint density at radius 2 is 1.88 bits per heavy atom. The minimum Gasteiger partial charge on any atom is -0.496 e. The van der Waals surface area contributed by atoms with E-state index in [-0.39, 0.29) is 4.90 Å². The Kier molecular flexibility index (Phi) is 4.42. The van der Waals surface area contributed by atoms with E-state index in [0.29, 0.717) is 16.5 Å². The molecule has 124 valence electrons. The van der Waals surface area contributed by atoms with E-state index in [2.05, 4.69) is 4.98 Å². The molecule has 0 radical (unpaired) electrons. The van der Waals surface area contributed by atoms with Crippen molar-refractivity contribution in [2.75, 3.05) is 7.11 Å². The second kappa shape index (κ2) is 6.24. The second-order valence-electron chi connectivity index (χ2n) is 5.28. The SMILES string of the molecule is COc1cc(Cl)c(C)cc1-c1nccc2cc(S(=O)(=O)Cl)ccc12. The predicted octanol–water partition coefficient (Wildman–Crippen LogP) is 4.80. The molecule has 0 bridgehead atoms. The van der Waals surface area contributed by atoms with Gasteiger partial charge in [0.05, 0.1) is 17.7 Å². The molecular formula is C17H13Cl2NO3S. The van der Waals surface area contributed by atoms with Crippen LogP contribution in [-0.2, 0) is 9.05 Å².